The molecule has 2 heterocycles. The maximum atomic E-state index is 13.1. The predicted molar refractivity (Wildman–Crippen MR) is 65.3 cm³/mol. The number of alkyl halides is 3. The highest BCUT2D eigenvalue weighted by Gasteiger charge is 2.53. The number of hydrogen-bond donors (Lipinski definition) is 2. The van der Waals surface area contributed by atoms with Gasteiger partial charge in [0.15, 0.2) is 0 Å². The van der Waals surface area contributed by atoms with E-state index in [4.69, 9.17) is 0 Å². The van der Waals surface area contributed by atoms with Gasteiger partial charge >= 0.3 is 12.1 Å². The molecule has 3 rings (SSSR count). The first-order valence-corrected chi connectivity index (χ1v) is 6.54. The third-order valence-corrected chi connectivity index (χ3v) is 4.38. The molecule has 3 nitrogen and oxygen atoms in total. The lowest BCUT2D eigenvalue weighted by Crippen LogP contribution is -2.33. The minimum atomic E-state index is -4.46. The van der Waals surface area contributed by atoms with Gasteiger partial charge in [0.1, 0.15) is 0 Å². The van der Waals surface area contributed by atoms with Crippen LogP contribution in [0.15, 0.2) is 24.3 Å². The van der Waals surface area contributed by atoms with Gasteiger partial charge < -0.3 is 10.4 Å². The van der Waals surface area contributed by atoms with E-state index in [1.54, 1.807) is 0 Å². The van der Waals surface area contributed by atoms with E-state index in [1.807, 2.05) is 0 Å². The zero-order valence-electron chi connectivity index (χ0n) is 10.5. The monoisotopic (exact) mass is 285 g/mol. The van der Waals surface area contributed by atoms with Crippen molar-refractivity contribution in [2.75, 3.05) is 0 Å². The molecule has 0 aliphatic carbocycles. The van der Waals surface area contributed by atoms with Crippen molar-refractivity contribution in [3.8, 4) is 0 Å². The molecule has 0 radical (unpaired) electrons. The Morgan fingerprint density at radius 2 is 1.85 bits per heavy atom. The van der Waals surface area contributed by atoms with E-state index >= 15 is 0 Å². The highest BCUT2D eigenvalue weighted by atomic mass is 19.4. The second-order valence-electron chi connectivity index (χ2n) is 5.43. The molecule has 6 heteroatoms. The minimum absolute atomic E-state index is 0.104. The first-order valence-electron chi connectivity index (χ1n) is 6.54. The molecule has 0 amide bonds. The van der Waals surface area contributed by atoms with Crippen LogP contribution in [-0.4, -0.2) is 23.2 Å². The van der Waals surface area contributed by atoms with Gasteiger partial charge in [-0.15, -0.1) is 0 Å². The molecule has 108 valence electrons. The van der Waals surface area contributed by atoms with Crippen molar-refractivity contribution in [3.05, 3.63) is 35.4 Å². The van der Waals surface area contributed by atoms with Crippen molar-refractivity contribution in [3.63, 3.8) is 0 Å². The number of carboxylic acids is 1. The molecule has 2 N–H and O–H groups in total. The summed E-state index contributed by atoms with van der Waals surface area (Å²) in [5, 5.41) is 12.5. The third kappa shape index (κ3) is 1.98. The molecule has 0 spiro atoms. The van der Waals surface area contributed by atoms with Crippen molar-refractivity contribution in [2.24, 2.45) is 5.92 Å². The van der Waals surface area contributed by atoms with E-state index in [-0.39, 0.29) is 17.6 Å². The maximum Gasteiger partial charge on any atom is 0.416 e. The van der Waals surface area contributed by atoms with Gasteiger partial charge in [0.2, 0.25) is 0 Å². The van der Waals surface area contributed by atoms with Crippen molar-refractivity contribution in [1.29, 1.82) is 0 Å². The molecule has 2 saturated heterocycles. The van der Waals surface area contributed by atoms with Crippen molar-refractivity contribution in [2.45, 2.75) is 37.0 Å². The smallest absolute Gasteiger partial charge is 0.416 e. The summed E-state index contributed by atoms with van der Waals surface area (Å²) in [6.45, 7) is 0. The van der Waals surface area contributed by atoms with Crippen molar-refractivity contribution < 1.29 is 23.1 Å². The number of fused-ring (bicyclic) bond motifs is 2. The molecule has 2 aliphatic rings. The molecule has 1 aromatic carbocycles. The Balaban J connectivity index is 2.07. The van der Waals surface area contributed by atoms with Crippen LogP contribution in [0.5, 0.6) is 0 Å². The number of aliphatic carboxylic acids is 1. The lowest BCUT2D eigenvalue weighted by atomic mass is 9.74. The van der Waals surface area contributed by atoms with E-state index in [0.717, 1.165) is 12.5 Å². The molecule has 0 saturated carbocycles. The highest BCUT2D eigenvalue weighted by molar-refractivity contribution is 5.74. The molecule has 4 unspecified atom stereocenters. The predicted octanol–water partition coefficient (Wildman–Crippen LogP) is 2.62. The summed E-state index contributed by atoms with van der Waals surface area (Å²) < 4.78 is 39.3. The SMILES string of the molecule is O=C(O)C1C2CCC(N2)C1c1ccccc1C(F)(F)F. The van der Waals surface area contributed by atoms with Crippen LogP contribution in [0.4, 0.5) is 13.2 Å². The number of carbonyl (C=O) groups is 1. The Morgan fingerprint density at radius 3 is 2.50 bits per heavy atom. The third-order valence-electron chi connectivity index (χ3n) is 4.38. The number of hydrogen-bond acceptors (Lipinski definition) is 2. The molecule has 4 atom stereocenters. The van der Waals surface area contributed by atoms with E-state index in [9.17, 15) is 23.1 Å². The molecule has 1 aromatic rings. The number of rotatable bonds is 2. The quantitative estimate of drug-likeness (QED) is 0.878. The van der Waals surface area contributed by atoms with Gasteiger partial charge in [0.25, 0.3) is 0 Å². The molecule has 2 fully saturated rings. The Morgan fingerprint density at radius 1 is 1.20 bits per heavy atom. The highest BCUT2D eigenvalue weighted by Crippen LogP contribution is 2.47. The fraction of sp³-hybridized carbons (Fsp3) is 0.500. The van der Waals surface area contributed by atoms with Crippen LogP contribution in [0.2, 0.25) is 0 Å². The van der Waals surface area contributed by atoms with Crippen LogP contribution in [-0.2, 0) is 11.0 Å². The van der Waals surface area contributed by atoms with Gasteiger partial charge in [-0.3, -0.25) is 4.79 Å². The summed E-state index contributed by atoms with van der Waals surface area (Å²) in [5.74, 6) is -2.41. The summed E-state index contributed by atoms with van der Waals surface area (Å²) in [6, 6.07) is 4.91. The standard InChI is InChI=1S/C14H14F3NO2/c15-14(16,17)8-4-2-1-3-7(8)11-9-5-6-10(18-9)12(11)13(19)20/h1-4,9-12,18H,5-6H2,(H,19,20). The summed E-state index contributed by atoms with van der Waals surface area (Å²) in [5.41, 5.74) is -0.613. The summed E-state index contributed by atoms with van der Waals surface area (Å²) in [4.78, 5) is 11.4. The molecule has 0 aromatic heterocycles. The van der Waals surface area contributed by atoms with E-state index < -0.39 is 29.5 Å². The van der Waals surface area contributed by atoms with Crippen molar-refractivity contribution in [1.82, 2.24) is 5.32 Å². The Kier molecular flexibility index (Phi) is 3.01. The van der Waals surface area contributed by atoms with E-state index in [2.05, 4.69) is 5.32 Å². The minimum Gasteiger partial charge on any atom is -0.481 e. The fourth-order valence-electron chi connectivity index (χ4n) is 3.65. The molecular weight excluding hydrogens is 271 g/mol. The number of nitrogens with one attached hydrogen (secondary N) is 1. The first-order chi connectivity index (χ1) is 9.39. The molecule has 2 bridgehead atoms. The van der Waals surface area contributed by atoms with Gasteiger partial charge in [-0.25, -0.2) is 0 Å². The van der Waals surface area contributed by atoms with E-state index in [1.165, 1.54) is 18.2 Å². The molecule has 20 heavy (non-hydrogen) atoms. The summed E-state index contributed by atoms with van der Waals surface area (Å²) in [6.07, 6.45) is -3.01. The van der Waals surface area contributed by atoms with E-state index in [0.29, 0.717) is 6.42 Å². The van der Waals surface area contributed by atoms with Gasteiger partial charge in [-0.05, 0) is 24.5 Å². The van der Waals surface area contributed by atoms with Gasteiger partial charge in [-0.2, -0.15) is 13.2 Å². The number of carboxylic acid groups (broad SMARTS) is 1. The van der Waals surface area contributed by atoms with Crippen LogP contribution in [0, 0.1) is 5.92 Å². The second-order valence-corrected chi connectivity index (χ2v) is 5.43. The fourth-order valence-corrected chi connectivity index (χ4v) is 3.65. The van der Waals surface area contributed by atoms with Crippen LogP contribution < -0.4 is 5.32 Å². The Labute approximate surface area is 113 Å². The topological polar surface area (TPSA) is 49.3 Å². The first kappa shape index (κ1) is 13.4. The number of benzene rings is 1. The van der Waals surface area contributed by atoms with Crippen LogP contribution >= 0.6 is 0 Å². The van der Waals surface area contributed by atoms with Crippen LogP contribution in [0.1, 0.15) is 29.9 Å². The molecular formula is C14H14F3NO2. The lowest BCUT2D eigenvalue weighted by molar-refractivity contribution is -0.144. The maximum absolute atomic E-state index is 13.1. The summed E-state index contributed by atoms with van der Waals surface area (Å²) in [7, 11) is 0. The molecule has 2 aliphatic heterocycles. The Bertz CT molecular complexity index is 543. The average Bonchev–Trinajstić information content (AvgIpc) is 2.97. The normalized spacial score (nSPS) is 32.5. The lowest BCUT2D eigenvalue weighted by Gasteiger charge is -2.28. The summed E-state index contributed by atoms with van der Waals surface area (Å²) >= 11 is 0. The van der Waals surface area contributed by atoms with Crippen LogP contribution in [0.3, 0.4) is 0 Å². The van der Waals surface area contributed by atoms with Gasteiger partial charge in [-0.1, -0.05) is 18.2 Å². The van der Waals surface area contributed by atoms with Gasteiger partial charge in [0.05, 0.1) is 11.5 Å². The number of halogens is 3. The largest absolute Gasteiger partial charge is 0.481 e. The van der Waals surface area contributed by atoms with Crippen LogP contribution in [0.25, 0.3) is 0 Å². The Hall–Kier alpha value is -1.56. The zero-order chi connectivity index (χ0) is 14.5. The average molecular weight is 285 g/mol. The van der Waals surface area contributed by atoms with Crippen molar-refractivity contribution >= 4 is 5.97 Å². The van der Waals surface area contributed by atoms with Gasteiger partial charge in [0, 0.05) is 18.0 Å². The zero-order valence-corrected chi connectivity index (χ0v) is 10.5. The second kappa shape index (κ2) is 4.48.